The number of amides is 2. The zero-order valence-corrected chi connectivity index (χ0v) is 16.0. The van der Waals surface area contributed by atoms with E-state index in [1.807, 2.05) is 16.8 Å². The molecule has 3 N–H and O–H groups in total. The van der Waals surface area contributed by atoms with Gasteiger partial charge in [0.2, 0.25) is 5.91 Å². The Bertz CT molecular complexity index is 962. The molecule has 0 saturated heterocycles. The maximum Gasteiger partial charge on any atom is 0.251 e. The number of nitrogens with two attached hydrogens (primary N) is 1. The first-order valence-electron chi connectivity index (χ1n) is 7.86. The van der Waals surface area contributed by atoms with Gasteiger partial charge in [0.25, 0.3) is 5.91 Å². The first kappa shape index (κ1) is 18.2. The number of rotatable bonds is 6. The quantitative estimate of drug-likeness (QED) is 0.636. The van der Waals surface area contributed by atoms with E-state index in [2.05, 4.69) is 36.3 Å². The largest absolute Gasteiger partial charge is 0.366 e. The average molecular weight is 387 g/mol. The van der Waals surface area contributed by atoms with Gasteiger partial charge in [0, 0.05) is 18.1 Å². The predicted octanol–water partition coefficient (Wildman–Crippen LogP) is 3.38. The van der Waals surface area contributed by atoms with Crippen LogP contribution < -0.4 is 11.1 Å². The molecule has 1 aromatic carbocycles. The molecule has 3 aromatic rings. The second kappa shape index (κ2) is 7.76. The number of carbonyl (C=O) groups excluding carboxylic acids is 2. The molecule has 0 radical (unpaired) electrons. The number of hydrogen-bond acceptors (Lipinski definition) is 5. The third-order valence-electron chi connectivity index (χ3n) is 3.89. The van der Waals surface area contributed by atoms with Crippen molar-refractivity contribution < 1.29 is 9.59 Å². The lowest BCUT2D eigenvalue weighted by Crippen LogP contribution is -2.18. The Balaban J connectivity index is 1.68. The van der Waals surface area contributed by atoms with Gasteiger partial charge in [-0.3, -0.25) is 14.2 Å². The summed E-state index contributed by atoms with van der Waals surface area (Å²) in [6, 6.07) is 7.78. The van der Waals surface area contributed by atoms with Crippen molar-refractivity contribution in [1.82, 2.24) is 9.55 Å². The molecule has 0 aliphatic rings. The fraction of sp³-hybridized carbons (Fsp3) is 0.167. The van der Waals surface area contributed by atoms with Crippen molar-refractivity contribution in [2.24, 2.45) is 5.73 Å². The molecule has 2 heterocycles. The summed E-state index contributed by atoms with van der Waals surface area (Å²) in [5, 5.41) is 5.65. The van der Waals surface area contributed by atoms with Crippen LogP contribution in [0.4, 0.5) is 5.00 Å². The molecule has 0 unspecified atom stereocenters. The number of thiophene rings is 1. The lowest BCUT2D eigenvalue weighted by molar-refractivity contribution is -0.113. The van der Waals surface area contributed by atoms with E-state index < -0.39 is 5.91 Å². The summed E-state index contributed by atoms with van der Waals surface area (Å²) in [6.45, 7) is 4.13. The Hall–Kier alpha value is -2.58. The summed E-state index contributed by atoms with van der Waals surface area (Å²) < 4.78 is 1.95. The smallest absolute Gasteiger partial charge is 0.251 e. The molecule has 0 fully saturated rings. The molecule has 2 aromatic heterocycles. The van der Waals surface area contributed by atoms with Crippen molar-refractivity contribution in [2.75, 3.05) is 11.1 Å². The zero-order valence-electron chi connectivity index (χ0n) is 14.4. The number of anilines is 1. The number of carbonyl (C=O) groups is 2. The van der Waals surface area contributed by atoms with Gasteiger partial charge in [-0.15, -0.1) is 11.3 Å². The number of nitrogens with zero attached hydrogens (tertiary/aromatic N) is 2. The molecular weight excluding hydrogens is 368 g/mol. The van der Waals surface area contributed by atoms with Crippen molar-refractivity contribution in [3.8, 4) is 5.69 Å². The number of nitrogens with one attached hydrogen (secondary N) is 1. The van der Waals surface area contributed by atoms with Gasteiger partial charge in [0.1, 0.15) is 5.00 Å². The Labute approximate surface area is 159 Å². The van der Waals surface area contributed by atoms with Gasteiger partial charge in [0.15, 0.2) is 5.16 Å². The topological polar surface area (TPSA) is 90.0 Å². The van der Waals surface area contributed by atoms with Crippen molar-refractivity contribution in [2.45, 2.75) is 19.0 Å². The van der Waals surface area contributed by atoms with Crippen LogP contribution >= 0.6 is 23.1 Å². The van der Waals surface area contributed by atoms with E-state index >= 15 is 0 Å². The minimum Gasteiger partial charge on any atom is -0.366 e. The van der Waals surface area contributed by atoms with Crippen LogP contribution in [0.1, 0.15) is 21.5 Å². The molecule has 0 aliphatic heterocycles. The van der Waals surface area contributed by atoms with Crippen molar-refractivity contribution in [1.29, 1.82) is 0 Å². The molecule has 3 rings (SSSR count). The molecule has 0 bridgehead atoms. The van der Waals surface area contributed by atoms with Crippen LogP contribution in [-0.2, 0) is 4.79 Å². The predicted molar refractivity (Wildman–Crippen MR) is 105 cm³/mol. The van der Waals surface area contributed by atoms with E-state index in [1.165, 1.54) is 34.2 Å². The van der Waals surface area contributed by atoms with Crippen LogP contribution in [-0.4, -0.2) is 27.1 Å². The molecule has 134 valence electrons. The molecule has 8 heteroatoms. The maximum atomic E-state index is 12.2. The zero-order chi connectivity index (χ0) is 18.7. The monoisotopic (exact) mass is 386 g/mol. The molecule has 6 nitrogen and oxygen atoms in total. The second-order valence-corrected chi connectivity index (χ2v) is 7.57. The van der Waals surface area contributed by atoms with Crippen molar-refractivity contribution in [3.05, 3.63) is 58.7 Å². The van der Waals surface area contributed by atoms with Crippen LogP contribution in [0.3, 0.4) is 0 Å². The minimum atomic E-state index is -0.556. The van der Waals surface area contributed by atoms with Gasteiger partial charge in [-0.2, -0.15) is 0 Å². The number of aryl methyl sites for hydroxylation is 2. The minimum absolute atomic E-state index is 0.179. The molecule has 26 heavy (non-hydrogen) atoms. The highest BCUT2D eigenvalue weighted by Gasteiger charge is 2.14. The fourth-order valence-corrected chi connectivity index (χ4v) is 3.94. The number of aromatic nitrogens is 2. The third kappa shape index (κ3) is 3.97. The van der Waals surface area contributed by atoms with E-state index in [-0.39, 0.29) is 11.7 Å². The summed E-state index contributed by atoms with van der Waals surface area (Å²) >= 11 is 2.60. The van der Waals surface area contributed by atoms with E-state index in [0.717, 1.165) is 10.8 Å². The first-order valence-corrected chi connectivity index (χ1v) is 9.73. The van der Waals surface area contributed by atoms with Crippen LogP contribution in [0.25, 0.3) is 5.69 Å². The van der Waals surface area contributed by atoms with Gasteiger partial charge in [0.05, 0.1) is 11.3 Å². The van der Waals surface area contributed by atoms with E-state index in [9.17, 15) is 9.59 Å². The van der Waals surface area contributed by atoms with Crippen molar-refractivity contribution >= 4 is 39.9 Å². The summed E-state index contributed by atoms with van der Waals surface area (Å²) in [5.74, 6) is -0.591. The summed E-state index contributed by atoms with van der Waals surface area (Å²) in [6.07, 6.45) is 3.58. The van der Waals surface area contributed by atoms with Gasteiger partial charge >= 0.3 is 0 Å². The molecule has 0 saturated carbocycles. The molecule has 0 atom stereocenters. The highest BCUT2D eigenvalue weighted by Crippen LogP contribution is 2.25. The third-order valence-corrected chi connectivity index (χ3v) is 5.69. The lowest BCUT2D eigenvalue weighted by atomic mass is 10.1. The normalized spacial score (nSPS) is 10.7. The van der Waals surface area contributed by atoms with Gasteiger partial charge in [-0.05, 0) is 48.6 Å². The van der Waals surface area contributed by atoms with Crippen LogP contribution in [0.15, 0.2) is 47.2 Å². The highest BCUT2D eigenvalue weighted by atomic mass is 32.2. The Morgan fingerprint density at radius 1 is 1.27 bits per heavy atom. The Morgan fingerprint density at radius 2 is 2.08 bits per heavy atom. The van der Waals surface area contributed by atoms with Crippen LogP contribution in [0.5, 0.6) is 0 Å². The second-order valence-electron chi connectivity index (χ2n) is 5.71. The Kier molecular flexibility index (Phi) is 5.43. The summed E-state index contributed by atoms with van der Waals surface area (Å²) in [7, 11) is 0. The van der Waals surface area contributed by atoms with Crippen LogP contribution in [0, 0.1) is 13.8 Å². The van der Waals surface area contributed by atoms with E-state index in [0.29, 0.717) is 10.6 Å². The first-order chi connectivity index (χ1) is 12.5. The van der Waals surface area contributed by atoms with Crippen molar-refractivity contribution in [3.63, 3.8) is 0 Å². The number of primary amides is 1. The van der Waals surface area contributed by atoms with Gasteiger partial charge in [-0.25, -0.2) is 4.98 Å². The standard InChI is InChI=1S/C18H18N4O2S2/c1-11-3-4-13(9-12(11)2)22-7-6-20-18(22)26-10-15(23)21-17-14(16(19)24)5-8-25-17/h3-9H,10H2,1-2H3,(H2,19,24)(H,21,23). The van der Waals surface area contributed by atoms with E-state index in [1.54, 1.807) is 17.6 Å². The van der Waals surface area contributed by atoms with Gasteiger partial charge in [-0.1, -0.05) is 17.8 Å². The fourth-order valence-electron chi connectivity index (χ4n) is 2.36. The summed E-state index contributed by atoms with van der Waals surface area (Å²) in [4.78, 5) is 27.9. The maximum absolute atomic E-state index is 12.2. The Morgan fingerprint density at radius 3 is 2.81 bits per heavy atom. The molecule has 0 aliphatic carbocycles. The number of hydrogen-bond donors (Lipinski definition) is 2. The average Bonchev–Trinajstić information content (AvgIpc) is 3.24. The SMILES string of the molecule is Cc1ccc(-n2ccnc2SCC(=O)Nc2sccc2C(N)=O)cc1C. The van der Waals surface area contributed by atoms with Crippen LogP contribution in [0.2, 0.25) is 0 Å². The van der Waals surface area contributed by atoms with Gasteiger partial charge < -0.3 is 11.1 Å². The molecule has 2 amide bonds. The number of imidazole rings is 1. The molecular formula is C18H18N4O2S2. The number of benzene rings is 1. The highest BCUT2D eigenvalue weighted by molar-refractivity contribution is 7.99. The summed E-state index contributed by atoms with van der Waals surface area (Å²) in [5.41, 5.74) is 9.04. The molecule has 0 spiro atoms. The van der Waals surface area contributed by atoms with E-state index in [4.69, 9.17) is 5.73 Å². The lowest BCUT2D eigenvalue weighted by Gasteiger charge is -2.10. The number of thioether (sulfide) groups is 1.